The molecule has 0 aliphatic carbocycles. The zero-order valence-corrected chi connectivity index (χ0v) is 23.4. The summed E-state index contributed by atoms with van der Waals surface area (Å²) in [5.41, 5.74) is 3.94. The third kappa shape index (κ3) is 6.13. The highest BCUT2D eigenvalue weighted by Gasteiger charge is 2.31. The summed E-state index contributed by atoms with van der Waals surface area (Å²) in [6.07, 6.45) is 0.479. The van der Waals surface area contributed by atoms with Crippen LogP contribution in [0.3, 0.4) is 0 Å². The SMILES string of the molecule is Cn1c(COc2ccc(CC3SC(=O)NC3=O)cc2)nc2ccc(Oc3ccc(NC(=O)c4ccccc4)cc3)cc21. The molecule has 2 N–H and O–H groups in total. The third-order valence-electron chi connectivity index (χ3n) is 6.81. The first-order valence-corrected chi connectivity index (χ1v) is 14.1. The smallest absolute Gasteiger partial charge is 0.286 e. The van der Waals surface area contributed by atoms with Gasteiger partial charge in [-0.3, -0.25) is 19.7 Å². The van der Waals surface area contributed by atoms with Crippen molar-refractivity contribution in [2.45, 2.75) is 18.3 Å². The van der Waals surface area contributed by atoms with Gasteiger partial charge in [0.25, 0.3) is 11.1 Å². The van der Waals surface area contributed by atoms with Gasteiger partial charge < -0.3 is 19.4 Å². The Bertz CT molecular complexity index is 1770. The molecule has 10 heteroatoms. The molecule has 9 nitrogen and oxygen atoms in total. The summed E-state index contributed by atoms with van der Waals surface area (Å²) < 4.78 is 14.0. The summed E-state index contributed by atoms with van der Waals surface area (Å²) in [7, 11) is 1.93. The van der Waals surface area contributed by atoms with E-state index in [1.54, 1.807) is 36.4 Å². The highest BCUT2D eigenvalue weighted by Crippen LogP contribution is 2.28. The Kier molecular flexibility index (Phi) is 7.61. The van der Waals surface area contributed by atoms with Crippen molar-refractivity contribution in [3.63, 3.8) is 0 Å². The lowest BCUT2D eigenvalue weighted by molar-refractivity contribution is -0.118. The maximum absolute atomic E-state index is 12.4. The Labute approximate surface area is 245 Å². The van der Waals surface area contributed by atoms with Crippen LogP contribution in [0.4, 0.5) is 10.5 Å². The van der Waals surface area contributed by atoms with E-state index in [2.05, 4.69) is 10.6 Å². The molecule has 0 radical (unpaired) electrons. The van der Waals surface area contributed by atoms with Crippen molar-refractivity contribution < 1.29 is 23.9 Å². The number of nitrogens with one attached hydrogen (secondary N) is 2. The number of anilines is 1. The molecular weight excluding hydrogens is 552 g/mol. The summed E-state index contributed by atoms with van der Waals surface area (Å²) in [5.74, 6) is 2.31. The van der Waals surface area contributed by atoms with Crippen LogP contribution < -0.4 is 20.1 Å². The maximum atomic E-state index is 12.4. The van der Waals surface area contributed by atoms with Crippen LogP contribution in [0, 0.1) is 0 Å². The first-order chi connectivity index (χ1) is 20.4. The first-order valence-electron chi connectivity index (χ1n) is 13.2. The number of benzene rings is 4. The van der Waals surface area contributed by atoms with Gasteiger partial charge in [-0.05, 0) is 72.6 Å². The Balaban J connectivity index is 1.06. The van der Waals surface area contributed by atoms with Crippen LogP contribution in [0.5, 0.6) is 17.2 Å². The Hall–Kier alpha value is -5.09. The van der Waals surface area contributed by atoms with Gasteiger partial charge in [-0.1, -0.05) is 42.1 Å². The van der Waals surface area contributed by atoms with Gasteiger partial charge in [0.1, 0.15) is 29.7 Å². The van der Waals surface area contributed by atoms with Gasteiger partial charge in [0.2, 0.25) is 5.91 Å². The maximum Gasteiger partial charge on any atom is 0.286 e. The van der Waals surface area contributed by atoms with Crippen LogP contribution in [-0.2, 0) is 24.9 Å². The van der Waals surface area contributed by atoms with Crippen LogP contribution >= 0.6 is 11.8 Å². The average Bonchev–Trinajstić information content (AvgIpc) is 3.50. The summed E-state index contributed by atoms with van der Waals surface area (Å²) in [4.78, 5) is 40.3. The Morgan fingerprint density at radius 2 is 1.64 bits per heavy atom. The van der Waals surface area contributed by atoms with Crippen molar-refractivity contribution >= 4 is 45.5 Å². The molecule has 0 spiro atoms. The molecule has 1 aliphatic rings. The molecule has 2 heterocycles. The number of carbonyl (C=O) groups is 3. The van der Waals surface area contributed by atoms with E-state index in [1.165, 1.54) is 0 Å². The van der Waals surface area contributed by atoms with Gasteiger partial charge in [-0.25, -0.2) is 4.98 Å². The number of thioether (sulfide) groups is 1. The summed E-state index contributed by atoms with van der Waals surface area (Å²) in [6, 6.07) is 29.4. The highest BCUT2D eigenvalue weighted by molar-refractivity contribution is 8.15. The van der Waals surface area contributed by atoms with Gasteiger partial charge >= 0.3 is 0 Å². The molecule has 1 saturated heterocycles. The van der Waals surface area contributed by atoms with Crippen LogP contribution in [0.2, 0.25) is 0 Å². The number of ether oxygens (including phenoxy) is 2. The molecule has 42 heavy (non-hydrogen) atoms. The molecule has 3 amide bonds. The first kappa shape index (κ1) is 27.1. The van der Waals surface area contributed by atoms with Gasteiger partial charge in [0.15, 0.2) is 0 Å². The molecule has 5 aromatic rings. The average molecular weight is 579 g/mol. The number of nitrogens with zero attached hydrogens (tertiary/aromatic N) is 2. The standard InChI is InChI=1S/C32H26N4O5S/c1-36-27-18-25(41-24-13-9-22(10-14-24)33-30(37)21-5-3-2-4-6-21)15-16-26(27)34-29(36)19-40-23-11-7-20(8-12-23)17-28-31(38)35-32(39)42-28/h2-16,18,28H,17,19H2,1H3,(H,33,37)(H,35,38,39). The Morgan fingerprint density at radius 1 is 0.929 bits per heavy atom. The molecule has 0 saturated carbocycles. The molecule has 1 aliphatic heterocycles. The van der Waals surface area contributed by atoms with Gasteiger partial charge in [-0.15, -0.1) is 0 Å². The number of fused-ring (bicyclic) bond motifs is 1. The van der Waals surface area contributed by atoms with Gasteiger partial charge in [0, 0.05) is 24.4 Å². The monoisotopic (exact) mass is 578 g/mol. The van der Waals surface area contributed by atoms with Crippen molar-refractivity contribution in [2.75, 3.05) is 5.32 Å². The normalized spacial score (nSPS) is 14.5. The molecule has 0 bridgehead atoms. The van der Waals surface area contributed by atoms with Gasteiger partial charge in [-0.2, -0.15) is 0 Å². The molecule has 1 fully saturated rings. The van der Waals surface area contributed by atoms with Crippen LogP contribution in [0.1, 0.15) is 21.7 Å². The number of imidazole rings is 1. The number of rotatable bonds is 9. The van der Waals surface area contributed by atoms with E-state index in [-0.39, 0.29) is 23.7 Å². The minimum absolute atomic E-state index is 0.171. The predicted molar refractivity (Wildman–Crippen MR) is 161 cm³/mol. The predicted octanol–water partition coefficient (Wildman–Crippen LogP) is 6.09. The molecule has 1 atom stereocenters. The van der Waals surface area contributed by atoms with Crippen molar-refractivity contribution in [2.24, 2.45) is 7.05 Å². The molecular formula is C32H26N4O5S. The fourth-order valence-corrected chi connectivity index (χ4v) is 5.42. The van der Waals surface area contributed by atoms with Crippen molar-refractivity contribution in [1.82, 2.24) is 14.9 Å². The zero-order valence-electron chi connectivity index (χ0n) is 22.6. The van der Waals surface area contributed by atoms with E-state index in [9.17, 15) is 14.4 Å². The highest BCUT2D eigenvalue weighted by atomic mass is 32.2. The number of amides is 3. The zero-order chi connectivity index (χ0) is 29.1. The number of hydrogen-bond donors (Lipinski definition) is 2. The number of imide groups is 1. The van der Waals surface area contributed by atoms with E-state index in [0.717, 1.165) is 34.2 Å². The second-order valence-electron chi connectivity index (χ2n) is 9.70. The van der Waals surface area contributed by atoms with E-state index in [0.29, 0.717) is 34.9 Å². The Morgan fingerprint density at radius 3 is 2.36 bits per heavy atom. The van der Waals surface area contributed by atoms with E-state index in [1.807, 2.05) is 72.3 Å². The summed E-state index contributed by atoms with van der Waals surface area (Å²) in [6.45, 7) is 0.270. The second kappa shape index (κ2) is 11.8. The minimum atomic E-state index is -0.398. The molecule has 4 aromatic carbocycles. The lowest BCUT2D eigenvalue weighted by Crippen LogP contribution is -2.25. The molecule has 1 aromatic heterocycles. The molecule has 210 valence electrons. The second-order valence-corrected chi connectivity index (χ2v) is 10.9. The van der Waals surface area contributed by atoms with E-state index < -0.39 is 5.25 Å². The molecule has 6 rings (SSSR count). The fourth-order valence-electron chi connectivity index (χ4n) is 4.56. The third-order valence-corrected chi connectivity index (χ3v) is 7.79. The lowest BCUT2D eigenvalue weighted by Gasteiger charge is -2.09. The van der Waals surface area contributed by atoms with Crippen molar-refractivity contribution in [3.8, 4) is 17.2 Å². The minimum Gasteiger partial charge on any atom is -0.486 e. The van der Waals surface area contributed by atoms with Crippen LogP contribution in [0.15, 0.2) is 97.1 Å². The fraction of sp³-hybridized carbons (Fsp3) is 0.125. The van der Waals surface area contributed by atoms with Crippen molar-refractivity contribution in [1.29, 1.82) is 0 Å². The van der Waals surface area contributed by atoms with E-state index in [4.69, 9.17) is 14.5 Å². The summed E-state index contributed by atoms with van der Waals surface area (Å²) in [5, 5.41) is 4.50. The quantitative estimate of drug-likeness (QED) is 0.218. The van der Waals surface area contributed by atoms with Crippen LogP contribution in [0.25, 0.3) is 11.0 Å². The number of carbonyl (C=O) groups excluding carboxylic acids is 3. The number of aryl methyl sites for hydroxylation is 1. The lowest BCUT2D eigenvalue weighted by atomic mass is 10.1. The number of hydrogen-bond acceptors (Lipinski definition) is 7. The van der Waals surface area contributed by atoms with Crippen molar-refractivity contribution in [3.05, 3.63) is 114 Å². The molecule has 1 unspecified atom stereocenters. The van der Waals surface area contributed by atoms with Gasteiger partial charge in [0.05, 0.1) is 16.3 Å². The number of aromatic nitrogens is 2. The summed E-state index contributed by atoms with van der Waals surface area (Å²) >= 11 is 1.02. The largest absolute Gasteiger partial charge is 0.486 e. The van der Waals surface area contributed by atoms with E-state index >= 15 is 0 Å². The topological polar surface area (TPSA) is 112 Å². The van der Waals surface area contributed by atoms with Crippen LogP contribution in [-0.4, -0.2) is 31.9 Å².